The fourth-order valence-electron chi connectivity index (χ4n) is 2.73. The summed E-state index contributed by atoms with van der Waals surface area (Å²) in [7, 11) is -0.893. The van der Waals surface area contributed by atoms with Gasteiger partial charge in [-0.3, -0.25) is 4.55 Å². The van der Waals surface area contributed by atoms with Gasteiger partial charge in [-0.05, 0) is 49.1 Å². The molecular weight excluding hydrogens is 382 g/mol. The summed E-state index contributed by atoms with van der Waals surface area (Å²) in [5.41, 5.74) is 1.40. The van der Waals surface area contributed by atoms with Crippen LogP contribution >= 0.6 is 0 Å². The molecule has 0 saturated heterocycles. The highest BCUT2D eigenvalue weighted by atomic mass is 32.2. The topological polar surface area (TPSA) is 106 Å². The monoisotopic (exact) mass is 405 g/mol. The molecule has 0 aliphatic heterocycles. The van der Waals surface area contributed by atoms with Crippen molar-refractivity contribution in [1.29, 1.82) is 5.26 Å². The molecular formula is C20H23NO6S. The predicted octanol–water partition coefficient (Wildman–Crippen LogP) is 3.75. The second-order valence-corrected chi connectivity index (χ2v) is 7.71. The van der Waals surface area contributed by atoms with Crippen molar-refractivity contribution in [3.05, 3.63) is 53.6 Å². The molecule has 0 saturated carbocycles. The quantitative estimate of drug-likeness (QED) is 0.474. The smallest absolute Gasteiger partial charge is 0.264 e. The molecule has 0 aromatic heterocycles. The lowest BCUT2D eigenvalue weighted by atomic mass is 10.0. The van der Waals surface area contributed by atoms with Crippen LogP contribution in [0.4, 0.5) is 0 Å². The van der Waals surface area contributed by atoms with E-state index < -0.39 is 10.1 Å². The van der Waals surface area contributed by atoms with Crippen molar-refractivity contribution < 1.29 is 27.2 Å². The Kier molecular flexibility index (Phi) is 7.67. The minimum Gasteiger partial charge on any atom is -0.493 e. The summed E-state index contributed by atoms with van der Waals surface area (Å²) < 4.78 is 47.3. The molecule has 7 nitrogen and oxygen atoms in total. The Balaban J connectivity index is 2.18. The Morgan fingerprint density at radius 1 is 1.04 bits per heavy atom. The van der Waals surface area contributed by atoms with Crippen molar-refractivity contribution in [2.24, 2.45) is 0 Å². The minimum atomic E-state index is -3.98. The van der Waals surface area contributed by atoms with Crippen LogP contribution in [0.3, 0.4) is 0 Å². The Morgan fingerprint density at radius 2 is 1.71 bits per heavy atom. The lowest BCUT2D eigenvalue weighted by Crippen LogP contribution is -2.10. The molecule has 2 rings (SSSR count). The van der Waals surface area contributed by atoms with Gasteiger partial charge in [0.25, 0.3) is 10.1 Å². The Labute approximate surface area is 165 Å². The normalized spacial score (nSPS) is 12.1. The van der Waals surface area contributed by atoms with E-state index in [1.54, 1.807) is 37.4 Å². The highest BCUT2D eigenvalue weighted by Crippen LogP contribution is 2.34. The first kappa shape index (κ1) is 21.5. The SMILES string of the molecule is COc1ccc(OC(CCCCS(=O)(=O)O)c2ccc(C#N)cc2)cc1OC. The molecule has 8 heteroatoms. The number of ether oxygens (including phenoxy) is 3. The summed E-state index contributed by atoms with van der Waals surface area (Å²) >= 11 is 0. The van der Waals surface area contributed by atoms with Gasteiger partial charge >= 0.3 is 0 Å². The van der Waals surface area contributed by atoms with Gasteiger partial charge in [-0.15, -0.1) is 0 Å². The number of hydrogen-bond donors (Lipinski definition) is 1. The summed E-state index contributed by atoms with van der Waals surface area (Å²) in [6.45, 7) is 0. The predicted molar refractivity (Wildman–Crippen MR) is 104 cm³/mol. The standard InChI is InChI=1S/C20H23NO6S/c1-25-19-11-10-17(13-20(19)26-2)27-18(5-3-4-12-28(22,23)24)16-8-6-15(14-21)7-9-16/h6-11,13,18H,3-5,12H2,1-2H3,(H,22,23,24). The van der Waals surface area contributed by atoms with E-state index in [-0.39, 0.29) is 11.9 Å². The highest BCUT2D eigenvalue weighted by Gasteiger charge is 2.16. The van der Waals surface area contributed by atoms with Crippen LogP contribution in [0.25, 0.3) is 0 Å². The van der Waals surface area contributed by atoms with Crippen LogP contribution in [-0.4, -0.2) is 32.9 Å². The molecule has 2 aromatic carbocycles. The number of methoxy groups -OCH3 is 2. The molecule has 0 amide bonds. The molecule has 0 aliphatic carbocycles. The van der Waals surface area contributed by atoms with Crippen LogP contribution in [0.2, 0.25) is 0 Å². The zero-order valence-electron chi connectivity index (χ0n) is 15.8. The third-order valence-electron chi connectivity index (χ3n) is 4.16. The average molecular weight is 405 g/mol. The largest absolute Gasteiger partial charge is 0.493 e. The van der Waals surface area contributed by atoms with E-state index in [9.17, 15) is 8.42 Å². The summed E-state index contributed by atoms with van der Waals surface area (Å²) in [5, 5.41) is 8.97. The van der Waals surface area contributed by atoms with Crippen LogP contribution in [0.1, 0.15) is 36.5 Å². The lowest BCUT2D eigenvalue weighted by molar-refractivity contribution is 0.190. The Bertz CT molecular complexity index is 919. The van der Waals surface area contributed by atoms with Crippen molar-refractivity contribution >= 4 is 10.1 Å². The second kappa shape index (κ2) is 9.97. The zero-order valence-corrected chi connectivity index (χ0v) is 16.6. The first-order valence-electron chi connectivity index (χ1n) is 8.70. The average Bonchev–Trinajstić information content (AvgIpc) is 2.69. The number of rotatable bonds is 10. The molecule has 0 heterocycles. The van der Waals surface area contributed by atoms with Crippen molar-refractivity contribution in [3.63, 3.8) is 0 Å². The lowest BCUT2D eigenvalue weighted by Gasteiger charge is -2.20. The molecule has 0 fully saturated rings. The fourth-order valence-corrected chi connectivity index (χ4v) is 3.30. The van der Waals surface area contributed by atoms with Crippen LogP contribution in [0, 0.1) is 11.3 Å². The van der Waals surface area contributed by atoms with E-state index in [0.29, 0.717) is 42.1 Å². The van der Waals surface area contributed by atoms with E-state index in [0.717, 1.165) is 5.56 Å². The van der Waals surface area contributed by atoms with Gasteiger partial charge in [0, 0.05) is 6.07 Å². The summed E-state index contributed by atoms with van der Waals surface area (Å²) in [4.78, 5) is 0. The van der Waals surface area contributed by atoms with Gasteiger partial charge in [-0.2, -0.15) is 13.7 Å². The number of nitriles is 1. The second-order valence-electron chi connectivity index (χ2n) is 6.14. The van der Waals surface area contributed by atoms with Crippen LogP contribution in [-0.2, 0) is 10.1 Å². The molecule has 28 heavy (non-hydrogen) atoms. The van der Waals surface area contributed by atoms with E-state index in [1.165, 1.54) is 7.11 Å². The molecule has 2 aromatic rings. The molecule has 150 valence electrons. The highest BCUT2D eigenvalue weighted by molar-refractivity contribution is 7.85. The molecule has 0 spiro atoms. The maximum atomic E-state index is 10.9. The first-order valence-corrected chi connectivity index (χ1v) is 10.3. The Hall–Kier alpha value is -2.76. The number of benzene rings is 2. The van der Waals surface area contributed by atoms with E-state index in [2.05, 4.69) is 6.07 Å². The van der Waals surface area contributed by atoms with Gasteiger partial charge in [-0.25, -0.2) is 0 Å². The molecule has 1 unspecified atom stereocenters. The first-order chi connectivity index (χ1) is 13.4. The van der Waals surface area contributed by atoms with Gasteiger partial charge < -0.3 is 14.2 Å². The molecule has 0 radical (unpaired) electrons. The van der Waals surface area contributed by atoms with Crippen LogP contribution < -0.4 is 14.2 Å². The van der Waals surface area contributed by atoms with Gasteiger partial charge in [0.15, 0.2) is 11.5 Å². The van der Waals surface area contributed by atoms with Crippen LogP contribution in [0.5, 0.6) is 17.2 Å². The van der Waals surface area contributed by atoms with E-state index in [1.807, 2.05) is 12.1 Å². The van der Waals surface area contributed by atoms with E-state index >= 15 is 0 Å². The fraction of sp³-hybridized carbons (Fsp3) is 0.350. The molecule has 1 N–H and O–H groups in total. The Morgan fingerprint density at radius 3 is 2.29 bits per heavy atom. The number of unbranched alkanes of at least 4 members (excludes halogenated alkanes) is 1. The van der Waals surface area contributed by atoms with Gasteiger partial charge in [0.2, 0.25) is 0 Å². The number of nitrogens with zero attached hydrogens (tertiary/aromatic N) is 1. The molecule has 0 bridgehead atoms. The van der Waals surface area contributed by atoms with Crippen molar-refractivity contribution in [2.75, 3.05) is 20.0 Å². The van der Waals surface area contributed by atoms with Crippen molar-refractivity contribution in [1.82, 2.24) is 0 Å². The summed E-state index contributed by atoms with van der Waals surface area (Å²) in [5.74, 6) is 1.40. The van der Waals surface area contributed by atoms with E-state index in [4.69, 9.17) is 24.0 Å². The van der Waals surface area contributed by atoms with Gasteiger partial charge in [0.1, 0.15) is 11.9 Å². The van der Waals surface area contributed by atoms with Crippen LogP contribution in [0.15, 0.2) is 42.5 Å². The molecule has 1 atom stereocenters. The van der Waals surface area contributed by atoms with Crippen molar-refractivity contribution in [2.45, 2.75) is 25.4 Å². The maximum absolute atomic E-state index is 10.9. The third-order valence-corrected chi connectivity index (χ3v) is 4.97. The van der Waals surface area contributed by atoms with Crippen molar-refractivity contribution in [3.8, 4) is 23.3 Å². The van der Waals surface area contributed by atoms with Gasteiger partial charge in [-0.1, -0.05) is 12.1 Å². The third kappa shape index (κ3) is 6.44. The number of hydrogen-bond acceptors (Lipinski definition) is 6. The minimum absolute atomic E-state index is 0.288. The zero-order chi connectivity index (χ0) is 20.6. The maximum Gasteiger partial charge on any atom is 0.264 e. The van der Waals surface area contributed by atoms with Gasteiger partial charge in [0.05, 0.1) is 31.6 Å². The summed E-state index contributed by atoms with van der Waals surface area (Å²) in [6.07, 6.45) is 1.04. The molecule has 0 aliphatic rings. The summed E-state index contributed by atoms with van der Waals surface area (Å²) in [6, 6.07) is 14.3.